The van der Waals surface area contributed by atoms with Gasteiger partial charge in [-0.2, -0.15) is 0 Å². The Morgan fingerprint density at radius 3 is 2.77 bits per heavy atom. The molecule has 0 bridgehead atoms. The first-order chi connectivity index (χ1) is 10.5. The van der Waals surface area contributed by atoms with Crippen LogP contribution in [0, 0.1) is 0 Å². The maximum Gasteiger partial charge on any atom is 0.250 e. The molecule has 0 fully saturated rings. The van der Waals surface area contributed by atoms with Gasteiger partial charge in [0.15, 0.2) is 9.84 Å². The molecule has 116 valence electrons. The highest BCUT2D eigenvalue weighted by molar-refractivity contribution is 7.90. The minimum absolute atomic E-state index is 0.0813. The summed E-state index contributed by atoms with van der Waals surface area (Å²) in [4.78, 5) is 11.7. The van der Waals surface area contributed by atoms with Gasteiger partial charge >= 0.3 is 0 Å². The number of sulfone groups is 1. The molecule has 0 radical (unpaired) electrons. The smallest absolute Gasteiger partial charge is 0.250 e. The van der Waals surface area contributed by atoms with Crippen molar-refractivity contribution in [2.24, 2.45) is 7.05 Å². The zero-order valence-electron chi connectivity index (χ0n) is 12.5. The number of fused-ring (bicyclic) bond motifs is 1. The Morgan fingerprint density at radius 1 is 1.23 bits per heavy atom. The van der Waals surface area contributed by atoms with Crippen LogP contribution in [0.25, 0.3) is 0 Å². The maximum atomic E-state index is 12.8. The van der Waals surface area contributed by atoms with Crippen molar-refractivity contribution in [3.8, 4) is 0 Å². The summed E-state index contributed by atoms with van der Waals surface area (Å²) in [5.74, 6) is -0.0813. The van der Waals surface area contributed by atoms with Crippen LogP contribution in [-0.4, -0.2) is 13.0 Å². The van der Waals surface area contributed by atoms with E-state index in [1.54, 1.807) is 19.3 Å². The summed E-state index contributed by atoms with van der Waals surface area (Å²) in [6.45, 7) is 0. The quantitative estimate of drug-likeness (QED) is 0.873. The molecule has 22 heavy (non-hydrogen) atoms. The van der Waals surface area contributed by atoms with Gasteiger partial charge < -0.3 is 4.57 Å². The molecule has 2 aromatic rings. The lowest BCUT2D eigenvalue weighted by Crippen LogP contribution is -2.22. The van der Waals surface area contributed by atoms with Crippen molar-refractivity contribution in [2.45, 2.75) is 30.3 Å². The van der Waals surface area contributed by atoms with E-state index in [1.807, 2.05) is 24.3 Å². The lowest BCUT2D eigenvalue weighted by Gasteiger charge is -2.25. The van der Waals surface area contributed by atoms with E-state index in [-0.39, 0.29) is 11.3 Å². The maximum absolute atomic E-state index is 12.8. The fourth-order valence-corrected chi connectivity index (χ4v) is 5.08. The van der Waals surface area contributed by atoms with E-state index in [9.17, 15) is 13.2 Å². The summed E-state index contributed by atoms with van der Waals surface area (Å²) in [6, 6.07) is 10.9. The van der Waals surface area contributed by atoms with Crippen LogP contribution in [0.3, 0.4) is 0 Å². The molecule has 4 nitrogen and oxygen atoms in total. The van der Waals surface area contributed by atoms with E-state index < -0.39 is 15.1 Å². The van der Waals surface area contributed by atoms with Crippen molar-refractivity contribution in [3.05, 3.63) is 69.6 Å². The van der Waals surface area contributed by atoms with Gasteiger partial charge in [-0.05, 0) is 42.0 Å². The van der Waals surface area contributed by atoms with Gasteiger partial charge in [0.05, 0.1) is 11.0 Å². The van der Waals surface area contributed by atoms with Crippen LogP contribution in [0.2, 0.25) is 0 Å². The van der Waals surface area contributed by atoms with Crippen LogP contribution >= 0.6 is 0 Å². The van der Waals surface area contributed by atoms with E-state index in [0.717, 1.165) is 24.0 Å². The Balaban J connectivity index is 1.94. The molecule has 0 N–H and O–H groups in total. The molecule has 1 atom stereocenters. The normalized spacial score (nSPS) is 18.0. The summed E-state index contributed by atoms with van der Waals surface area (Å²) in [6.07, 6.45) is 4.09. The molecule has 1 aromatic carbocycles. The molecule has 0 saturated heterocycles. The first-order valence-electron chi connectivity index (χ1n) is 7.42. The van der Waals surface area contributed by atoms with Gasteiger partial charge in [-0.3, -0.25) is 4.79 Å². The summed E-state index contributed by atoms with van der Waals surface area (Å²) in [5, 5.41) is -0.457. The number of benzene rings is 1. The second-order valence-electron chi connectivity index (χ2n) is 5.87. The highest BCUT2D eigenvalue weighted by atomic mass is 32.2. The van der Waals surface area contributed by atoms with Crippen LogP contribution in [0.5, 0.6) is 0 Å². The Labute approximate surface area is 130 Å². The van der Waals surface area contributed by atoms with Gasteiger partial charge in [0, 0.05) is 19.3 Å². The second kappa shape index (κ2) is 5.72. The monoisotopic (exact) mass is 317 g/mol. The molecule has 0 unspecified atom stereocenters. The zero-order chi connectivity index (χ0) is 15.7. The molecule has 1 aromatic heterocycles. The number of aromatic nitrogens is 1. The molecule has 3 rings (SSSR count). The lowest BCUT2D eigenvalue weighted by molar-refractivity contribution is 0.559. The summed E-state index contributed by atoms with van der Waals surface area (Å²) in [7, 11) is -1.68. The molecule has 0 aliphatic heterocycles. The first kappa shape index (κ1) is 15.0. The first-order valence-corrected chi connectivity index (χ1v) is 9.14. The Morgan fingerprint density at radius 2 is 2.00 bits per heavy atom. The predicted molar refractivity (Wildman–Crippen MR) is 86.4 cm³/mol. The third kappa shape index (κ3) is 2.86. The summed E-state index contributed by atoms with van der Waals surface area (Å²) in [5.41, 5.74) is 2.44. The summed E-state index contributed by atoms with van der Waals surface area (Å²) >= 11 is 0. The molecule has 1 heterocycles. The van der Waals surface area contributed by atoms with Crippen molar-refractivity contribution in [2.75, 3.05) is 0 Å². The Kier molecular flexibility index (Phi) is 3.91. The standard InChI is InChI=1S/C17H19NO3S/c1-18-10-9-13(11-17(18)19)12-22(20,21)16-8-4-6-14-5-2-3-7-15(14)16/h2-3,5,7,9-11,16H,4,6,8,12H2,1H3/t16-/m1/s1. The molecular formula is C17H19NO3S. The fraction of sp³-hybridized carbons (Fsp3) is 0.353. The zero-order valence-corrected chi connectivity index (χ0v) is 13.3. The van der Waals surface area contributed by atoms with Crippen LogP contribution in [0.4, 0.5) is 0 Å². The minimum atomic E-state index is -3.33. The van der Waals surface area contributed by atoms with Crippen LogP contribution < -0.4 is 5.56 Å². The van der Waals surface area contributed by atoms with Crippen molar-refractivity contribution >= 4 is 9.84 Å². The van der Waals surface area contributed by atoms with Crippen molar-refractivity contribution in [3.63, 3.8) is 0 Å². The predicted octanol–water partition coefficient (Wildman–Crippen LogP) is 2.38. The van der Waals surface area contributed by atoms with Gasteiger partial charge in [-0.1, -0.05) is 24.3 Å². The number of hydrogen-bond donors (Lipinski definition) is 0. The number of pyridine rings is 1. The van der Waals surface area contributed by atoms with Gasteiger partial charge in [-0.15, -0.1) is 0 Å². The average Bonchev–Trinajstić information content (AvgIpc) is 2.50. The third-order valence-corrected chi connectivity index (χ3v) is 6.38. The Bertz CT molecular complexity index is 852. The topological polar surface area (TPSA) is 56.1 Å². The van der Waals surface area contributed by atoms with Crippen LogP contribution in [0.15, 0.2) is 47.4 Å². The lowest BCUT2D eigenvalue weighted by atomic mass is 9.91. The number of hydrogen-bond acceptors (Lipinski definition) is 3. The number of nitrogens with zero attached hydrogens (tertiary/aromatic N) is 1. The Hall–Kier alpha value is -1.88. The van der Waals surface area contributed by atoms with Crippen LogP contribution in [0.1, 0.15) is 34.8 Å². The third-order valence-electron chi connectivity index (χ3n) is 4.28. The van der Waals surface area contributed by atoms with Gasteiger partial charge in [0.2, 0.25) is 0 Å². The van der Waals surface area contributed by atoms with Gasteiger partial charge in [-0.25, -0.2) is 8.42 Å². The van der Waals surface area contributed by atoms with Crippen molar-refractivity contribution < 1.29 is 8.42 Å². The minimum Gasteiger partial charge on any atom is -0.319 e. The van der Waals surface area contributed by atoms with Crippen molar-refractivity contribution in [1.82, 2.24) is 4.57 Å². The second-order valence-corrected chi connectivity index (χ2v) is 8.05. The van der Waals surface area contributed by atoms with E-state index >= 15 is 0 Å². The highest BCUT2D eigenvalue weighted by Crippen LogP contribution is 2.36. The van der Waals surface area contributed by atoms with E-state index in [4.69, 9.17) is 0 Å². The highest BCUT2D eigenvalue weighted by Gasteiger charge is 2.31. The molecule has 0 saturated carbocycles. The van der Waals surface area contributed by atoms with E-state index in [0.29, 0.717) is 12.0 Å². The molecular weight excluding hydrogens is 298 g/mol. The SMILES string of the molecule is Cn1ccc(CS(=O)(=O)[C@@H]2CCCc3ccccc32)cc1=O. The molecule has 1 aliphatic carbocycles. The number of aryl methyl sites for hydroxylation is 2. The molecule has 5 heteroatoms. The van der Waals surface area contributed by atoms with Crippen molar-refractivity contribution in [1.29, 1.82) is 0 Å². The largest absolute Gasteiger partial charge is 0.319 e. The molecule has 0 spiro atoms. The molecule has 0 amide bonds. The van der Waals surface area contributed by atoms with E-state index in [2.05, 4.69) is 0 Å². The van der Waals surface area contributed by atoms with Crippen LogP contribution in [-0.2, 0) is 29.1 Å². The molecule has 1 aliphatic rings. The number of rotatable bonds is 3. The van der Waals surface area contributed by atoms with Gasteiger partial charge in [0.25, 0.3) is 5.56 Å². The summed E-state index contributed by atoms with van der Waals surface area (Å²) < 4.78 is 27.0. The fourth-order valence-electron chi connectivity index (χ4n) is 3.09. The van der Waals surface area contributed by atoms with Gasteiger partial charge in [0.1, 0.15) is 0 Å². The van der Waals surface area contributed by atoms with E-state index in [1.165, 1.54) is 10.6 Å². The average molecular weight is 317 g/mol.